The summed E-state index contributed by atoms with van der Waals surface area (Å²) in [5, 5.41) is 10.1. The summed E-state index contributed by atoms with van der Waals surface area (Å²) in [4.78, 5) is 0. The molecule has 2 rings (SSSR count). The summed E-state index contributed by atoms with van der Waals surface area (Å²) < 4.78 is 7.06. The maximum atomic E-state index is 10.1. The highest BCUT2D eigenvalue weighted by atomic mass is 16.5. The summed E-state index contributed by atoms with van der Waals surface area (Å²) in [7, 11) is 0. The van der Waals surface area contributed by atoms with Crippen molar-refractivity contribution in [1.29, 1.82) is 0 Å². The molecule has 0 amide bonds. The van der Waals surface area contributed by atoms with Gasteiger partial charge >= 0.3 is 0 Å². The number of hydroxylamine groups is 1. The average molecular weight is 397 g/mol. The molecule has 29 heavy (non-hydrogen) atoms. The molecule has 3 nitrogen and oxygen atoms in total. The van der Waals surface area contributed by atoms with E-state index in [-0.39, 0.29) is 0 Å². The molecule has 0 aliphatic heterocycles. The van der Waals surface area contributed by atoms with Gasteiger partial charge in [0.1, 0.15) is 5.75 Å². The van der Waals surface area contributed by atoms with E-state index in [2.05, 4.69) is 6.92 Å². The normalized spacial score (nSPS) is 11.6. The van der Waals surface area contributed by atoms with Gasteiger partial charge in [-0.05, 0) is 35.4 Å². The van der Waals surface area contributed by atoms with Crippen molar-refractivity contribution in [2.75, 3.05) is 6.61 Å². The minimum Gasteiger partial charge on any atom is -0.494 e. The Hall–Kier alpha value is -2.29. The molecule has 0 saturated carbocycles. The zero-order chi connectivity index (χ0) is 20.6. The van der Waals surface area contributed by atoms with E-state index in [1.165, 1.54) is 62.5 Å². The van der Waals surface area contributed by atoms with Crippen molar-refractivity contribution >= 4 is 6.21 Å². The molecule has 2 aromatic carbocycles. The van der Waals surface area contributed by atoms with Crippen LogP contribution in [0.1, 0.15) is 82.3 Å². The fraction of sp³-hybridized carbons (Fsp3) is 0.500. The number of ether oxygens (including phenoxy) is 1. The van der Waals surface area contributed by atoms with Crippen LogP contribution in [0.15, 0.2) is 54.6 Å². The summed E-state index contributed by atoms with van der Waals surface area (Å²) >= 11 is 0. The first-order chi connectivity index (χ1) is 14.3. The molecule has 3 heteroatoms. The van der Waals surface area contributed by atoms with Crippen LogP contribution < -0.4 is 4.74 Å². The molecule has 0 saturated heterocycles. The van der Waals surface area contributed by atoms with Crippen LogP contribution in [0.5, 0.6) is 5.75 Å². The summed E-state index contributed by atoms with van der Waals surface area (Å²) in [6.45, 7) is 3.52. The molecule has 0 heterocycles. The largest absolute Gasteiger partial charge is 0.494 e. The minimum absolute atomic E-state index is 0.470. The van der Waals surface area contributed by atoms with Crippen LogP contribution in [-0.2, 0) is 6.54 Å². The fourth-order valence-corrected chi connectivity index (χ4v) is 3.42. The van der Waals surface area contributed by atoms with Crippen molar-refractivity contribution in [1.82, 2.24) is 0 Å². The molecule has 0 fully saturated rings. The highest BCUT2D eigenvalue weighted by molar-refractivity contribution is 5.75. The maximum Gasteiger partial charge on any atom is 0.223 e. The lowest BCUT2D eigenvalue weighted by Crippen LogP contribution is -2.08. The van der Waals surface area contributed by atoms with Crippen LogP contribution in [-0.4, -0.2) is 22.8 Å². The lowest BCUT2D eigenvalue weighted by atomic mass is 10.1. The SMILES string of the molecule is CCCCCCCCCCCCOc1ccc(C=[N+](O)Cc2ccccc2)cc1. The third-order valence-corrected chi connectivity index (χ3v) is 5.13. The van der Waals surface area contributed by atoms with Crippen LogP contribution in [0, 0.1) is 0 Å². The summed E-state index contributed by atoms with van der Waals surface area (Å²) in [5.74, 6) is 0.894. The van der Waals surface area contributed by atoms with Gasteiger partial charge in [0.15, 0.2) is 0 Å². The number of unbranched alkanes of at least 4 members (excludes halogenated alkanes) is 9. The molecule has 0 bridgehead atoms. The Morgan fingerprint density at radius 3 is 1.97 bits per heavy atom. The molecular formula is C26H38NO2+. The van der Waals surface area contributed by atoms with Crippen LogP contribution in [0.25, 0.3) is 0 Å². The second kappa shape index (κ2) is 14.7. The van der Waals surface area contributed by atoms with E-state index in [4.69, 9.17) is 4.74 Å². The molecule has 158 valence electrons. The van der Waals surface area contributed by atoms with Gasteiger partial charge in [-0.1, -0.05) is 95.0 Å². The third kappa shape index (κ3) is 10.7. The second-order valence-corrected chi connectivity index (χ2v) is 7.81. The zero-order valence-electron chi connectivity index (χ0n) is 18.1. The number of rotatable bonds is 15. The minimum atomic E-state index is 0.470. The number of hydrogen-bond acceptors (Lipinski definition) is 2. The van der Waals surface area contributed by atoms with E-state index in [0.717, 1.165) is 29.9 Å². The molecule has 0 aliphatic rings. The number of hydrogen-bond donors (Lipinski definition) is 1. The molecule has 0 atom stereocenters. The third-order valence-electron chi connectivity index (χ3n) is 5.13. The summed E-state index contributed by atoms with van der Waals surface area (Å²) in [6, 6.07) is 17.8. The topological polar surface area (TPSA) is 32.5 Å². The lowest BCUT2D eigenvalue weighted by Gasteiger charge is -2.06. The van der Waals surface area contributed by atoms with E-state index < -0.39 is 0 Å². The van der Waals surface area contributed by atoms with Gasteiger partial charge in [0.2, 0.25) is 12.8 Å². The van der Waals surface area contributed by atoms with E-state index in [1.54, 1.807) is 6.21 Å². The van der Waals surface area contributed by atoms with Crippen molar-refractivity contribution in [3.8, 4) is 5.75 Å². The molecule has 0 unspecified atom stereocenters. The van der Waals surface area contributed by atoms with Crippen molar-refractivity contribution in [2.24, 2.45) is 0 Å². The van der Waals surface area contributed by atoms with Gasteiger partial charge in [-0.25, -0.2) is 0 Å². The average Bonchev–Trinajstić information content (AvgIpc) is 2.74. The summed E-state index contributed by atoms with van der Waals surface area (Å²) in [5.41, 5.74) is 2.03. The maximum absolute atomic E-state index is 10.1. The predicted octanol–water partition coefficient (Wildman–Crippen LogP) is 7.01. The molecule has 0 spiro atoms. The van der Waals surface area contributed by atoms with Gasteiger partial charge in [0.05, 0.1) is 6.61 Å². The van der Waals surface area contributed by atoms with Gasteiger partial charge in [-0.3, -0.25) is 5.21 Å². The first-order valence-corrected chi connectivity index (χ1v) is 11.3. The molecule has 0 radical (unpaired) electrons. The van der Waals surface area contributed by atoms with E-state index in [0.29, 0.717) is 6.54 Å². The number of nitrogens with zero attached hydrogens (tertiary/aromatic N) is 1. The van der Waals surface area contributed by atoms with Crippen molar-refractivity contribution in [2.45, 2.75) is 77.7 Å². The van der Waals surface area contributed by atoms with E-state index in [1.807, 2.05) is 54.6 Å². The quantitative estimate of drug-likeness (QED) is 0.115. The fourth-order valence-electron chi connectivity index (χ4n) is 3.42. The van der Waals surface area contributed by atoms with Crippen LogP contribution in [0.2, 0.25) is 0 Å². The predicted molar refractivity (Wildman–Crippen MR) is 121 cm³/mol. The molecular weight excluding hydrogens is 358 g/mol. The van der Waals surface area contributed by atoms with E-state index >= 15 is 0 Å². The first kappa shape index (κ1) is 23.0. The zero-order valence-corrected chi connectivity index (χ0v) is 18.1. The van der Waals surface area contributed by atoms with Crippen molar-refractivity contribution in [3.63, 3.8) is 0 Å². The summed E-state index contributed by atoms with van der Waals surface area (Å²) in [6.07, 6.45) is 15.1. The first-order valence-electron chi connectivity index (χ1n) is 11.3. The Kier molecular flexibility index (Phi) is 11.6. The van der Waals surface area contributed by atoms with Crippen molar-refractivity contribution < 1.29 is 14.7 Å². The van der Waals surface area contributed by atoms with Crippen LogP contribution >= 0.6 is 0 Å². The Labute approximate surface area is 177 Å². The van der Waals surface area contributed by atoms with Gasteiger partial charge in [-0.2, -0.15) is 0 Å². The molecule has 0 aromatic heterocycles. The number of benzene rings is 2. The molecule has 2 aromatic rings. The Balaban J connectivity index is 1.56. The Morgan fingerprint density at radius 1 is 0.759 bits per heavy atom. The Morgan fingerprint density at radius 2 is 1.34 bits per heavy atom. The standard InChI is InChI=1S/C26H38NO2/c1-2-3-4-5-6-7-8-9-10-14-21-29-26-19-17-25(18-20-26)23-27(28)22-24-15-12-11-13-16-24/h11-13,15-20,23,28H,2-10,14,21-22H2,1H3/q+1. The lowest BCUT2D eigenvalue weighted by molar-refractivity contribution is -0.783. The van der Waals surface area contributed by atoms with Gasteiger partial charge in [0.25, 0.3) is 0 Å². The van der Waals surface area contributed by atoms with Crippen molar-refractivity contribution in [3.05, 3.63) is 65.7 Å². The van der Waals surface area contributed by atoms with Crippen LogP contribution in [0.4, 0.5) is 0 Å². The van der Waals surface area contributed by atoms with Gasteiger partial charge < -0.3 is 4.74 Å². The second-order valence-electron chi connectivity index (χ2n) is 7.81. The van der Waals surface area contributed by atoms with E-state index in [9.17, 15) is 5.21 Å². The Bertz CT molecular complexity index is 680. The van der Waals surface area contributed by atoms with Crippen LogP contribution in [0.3, 0.4) is 0 Å². The van der Waals surface area contributed by atoms with Gasteiger partial charge in [0, 0.05) is 11.1 Å². The molecule has 1 N–H and O–H groups in total. The highest BCUT2D eigenvalue weighted by Crippen LogP contribution is 2.14. The monoisotopic (exact) mass is 396 g/mol. The van der Waals surface area contributed by atoms with Gasteiger partial charge in [-0.15, -0.1) is 0 Å². The smallest absolute Gasteiger partial charge is 0.223 e. The highest BCUT2D eigenvalue weighted by Gasteiger charge is 2.04. The molecule has 0 aliphatic carbocycles.